The van der Waals surface area contributed by atoms with E-state index in [0.29, 0.717) is 12.5 Å². The quantitative estimate of drug-likeness (QED) is 0.704. The summed E-state index contributed by atoms with van der Waals surface area (Å²) in [5.74, 6) is 1.34. The van der Waals surface area contributed by atoms with Crippen molar-refractivity contribution in [3.63, 3.8) is 0 Å². The highest BCUT2D eigenvalue weighted by Gasteiger charge is 2.10. The van der Waals surface area contributed by atoms with E-state index < -0.39 is 0 Å². The average Bonchev–Trinajstić information content (AvgIpc) is 2.41. The molecule has 3 nitrogen and oxygen atoms in total. The Balaban J connectivity index is 2.45. The van der Waals surface area contributed by atoms with Crippen molar-refractivity contribution in [1.29, 1.82) is 0 Å². The molecule has 0 saturated carbocycles. The minimum atomic E-state index is 0.397. The summed E-state index contributed by atoms with van der Waals surface area (Å²) in [6, 6.07) is 4.04. The molecule has 0 heterocycles. The maximum atomic E-state index is 6.18. The zero-order chi connectivity index (χ0) is 15.0. The minimum absolute atomic E-state index is 0.397. The largest absolute Gasteiger partial charge is 0.492 e. The highest BCUT2D eigenvalue weighted by molar-refractivity contribution is 6.31. The third-order valence-electron chi connectivity index (χ3n) is 3.08. The molecule has 0 unspecified atom stereocenters. The Kier molecular flexibility index (Phi) is 7.97. The lowest BCUT2D eigenvalue weighted by atomic mass is 10.0. The third kappa shape index (κ3) is 5.70. The van der Waals surface area contributed by atoms with Crippen LogP contribution in [0.25, 0.3) is 0 Å². The topological polar surface area (TPSA) is 30.5 Å². The SMILES string of the molecule is CCOCCNCCOc1cc(C)c(Cl)cc1C(C)C. The molecule has 0 aromatic heterocycles. The fourth-order valence-electron chi connectivity index (χ4n) is 1.89. The van der Waals surface area contributed by atoms with Crippen molar-refractivity contribution in [2.75, 3.05) is 32.9 Å². The van der Waals surface area contributed by atoms with Crippen LogP contribution in [0.5, 0.6) is 5.75 Å². The van der Waals surface area contributed by atoms with Crippen molar-refractivity contribution in [2.45, 2.75) is 33.6 Å². The van der Waals surface area contributed by atoms with Crippen LogP contribution in [0.1, 0.15) is 37.8 Å². The molecule has 0 aliphatic carbocycles. The van der Waals surface area contributed by atoms with Crippen LogP contribution in [0, 0.1) is 6.92 Å². The zero-order valence-electron chi connectivity index (χ0n) is 13.0. The van der Waals surface area contributed by atoms with E-state index in [1.807, 2.05) is 26.0 Å². The maximum Gasteiger partial charge on any atom is 0.123 e. The first-order chi connectivity index (χ1) is 9.56. The molecule has 0 saturated heterocycles. The van der Waals surface area contributed by atoms with Gasteiger partial charge in [-0.1, -0.05) is 25.4 Å². The molecule has 0 atom stereocenters. The Hall–Kier alpha value is -0.770. The number of hydrogen-bond acceptors (Lipinski definition) is 3. The van der Waals surface area contributed by atoms with E-state index >= 15 is 0 Å². The first-order valence-electron chi connectivity index (χ1n) is 7.27. The summed E-state index contributed by atoms with van der Waals surface area (Å²) >= 11 is 6.18. The van der Waals surface area contributed by atoms with Crippen LogP contribution in [-0.2, 0) is 4.74 Å². The monoisotopic (exact) mass is 299 g/mol. The van der Waals surface area contributed by atoms with Gasteiger partial charge in [0.25, 0.3) is 0 Å². The molecule has 1 rings (SSSR count). The summed E-state index contributed by atoms with van der Waals surface area (Å²) in [6.45, 7) is 12.1. The van der Waals surface area contributed by atoms with Crippen LogP contribution < -0.4 is 10.1 Å². The van der Waals surface area contributed by atoms with Gasteiger partial charge < -0.3 is 14.8 Å². The van der Waals surface area contributed by atoms with Crippen molar-refractivity contribution < 1.29 is 9.47 Å². The highest BCUT2D eigenvalue weighted by Crippen LogP contribution is 2.31. The number of nitrogens with one attached hydrogen (secondary N) is 1. The predicted molar refractivity (Wildman–Crippen MR) is 85.1 cm³/mol. The zero-order valence-corrected chi connectivity index (χ0v) is 13.7. The van der Waals surface area contributed by atoms with E-state index in [-0.39, 0.29) is 0 Å². The molecular formula is C16H26ClNO2. The molecule has 0 radical (unpaired) electrons. The van der Waals surface area contributed by atoms with Gasteiger partial charge in [0.15, 0.2) is 0 Å². The van der Waals surface area contributed by atoms with Gasteiger partial charge >= 0.3 is 0 Å². The van der Waals surface area contributed by atoms with E-state index in [1.165, 1.54) is 0 Å². The number of rotatable bonds is 9. The Morgan fingerprint density at radius 1 is 1.20 bits per heavy atom. The summed E-state index contributed by atoms with van der Waals surface area (Å²) in [7, 11) is 0. The summed E-state index contributed by atoms with van der Waals surface area (Å²) in [5, 5.41) is 4.09. The lowest BCUT2D eigenvalue weighted by Gasteiger charge is -2.16. The van der Waals surface area contributed by atoms with E-state index in [1.54, 1.807) is 0 Å². The summed E-state index contributed by atoms with van der Waals surface area (Å²) < 4.78 is 11.1. The van der Waals surface area contributed by atoms with Crippen LogP contribution in [-0.4, -0.2) is 32.9 Å². The van der Waals surface area contributed by atoms with Crippen LogP contribution >= 0.6 is 11.6 Å². The van der Waals surface area contributed by atoms with E-state index in [4.69, 9.17) is 21.1 Å². The van der Waals surface area contributed by atoms with Crippen LogP contribution in [0.3, 0.4) is 0 Å². The molecule has 0 aliphatic heterocycles. The van der Waals surface area contributed by atoms with Gasteiger partial charge in [0, 0.05) is 24.7 Å². The van der Waals surface area contributed by atoms with Gasteiger partial charge in [0.1, 0.15) is 12.4 Å². The van der Waals surface area contributed by atoms with Crippen molar-refractivity contribution in [1.82, 2.24) is 5.32 Å². The molecule has 0 fully saturated rings. The average molecular weight is 300 g/mol. The minimum Gasteiger partial charge on any atom is -0.492 e. The first kappa shape index (κ1) is 17.3. The van der Waals surface area contributed by atoms with Crippen LogP contribution in [0.2, 0.25) is 5.02 Å². The lowest BCUT2D eigenvalue weighted by molar-refractivity contribution is 0.148. The fourth-order valence-corrected chi connectivity index (χ4v) is 2.07. The van der Waals surface area contributed by atoms with Gasteiger partial charge in [-0.2, -0.15) is 0 Å². The summed E-state index contributed by atoms with van der Waals surface area (Å²) in [6.07, 6.45) is 0. The number of hydrogen-bond donors (Lipinski definition) is 1. The molecule has 0 bridgehead atoms. The second kappa shape index (κ2) is 9.22. The molecular weight excluding hydrogens is 274 g/mol. The third-order valence-corrected chi connectivity index (χ3v) is 3.48. The fraction of sp³-hybridized carbons (Fsp3) is 0.625. The second-order valence-electron chi connectivity index (χ2n) is 5.09. The molecule has 1 aromatic rings. The summed E-state index contributed by atoms with van der Waals surface area (Å²) in [4.78, 5) is 0. The van der Waals surface area contributed by atoms with Crippen molar-refractivity contribution in [2.24, 2.45) is 0 Å². The first-order valence-corrected chi connectivity index (χ1v) is 7.65. The normalized spacial score (nSPS) is 11.1. The number of aryl methyl sites for hydroxylation is 1. The maximum absolute atomic E-state index is 6.18. The molecule has 0 amide bonds. The van der Waals surface area contributed by atoms with E-state index in [9.17, 15) is 0 Å². The van der Waals surface area contributed by atoms with E-state index in [0.717, 1.165) is 48.2 Å². The van der Waals surface area contributed by atoms with Gasteiger partial charge in [-0.05, 0) is 43.0 Å². The van der Waals surface area contributed by atoms with Crippen LogP contribution in [0.4, 0.5) is 0 Å². The predicted octanol–water partition coefficient (Wildman–Crippen LogP) is 3.78. The van der Waals surface area contributed by atoms with Gasteiger partial charge in [0.2, 0.25) is 0 Å². The Morgan fingerprint density at radius 3 is 2.55 bits per heavy atom. The highest BCUT2D eigenvalue weighted by atomic mass is 35.5. The molecule has 1 N–H and O–H groups in total. The molecule has 4 heteroatoms. The van der Waals surface area contributed by atoms with E-state index in [2.05, 4.69) is 19.2 Å². The molecule has 20 heavy (non-hydrogen) atoms. The molecule has 0 aliphatic rings. The number of ether oxygens (including phenoxy) is 2. The molecule has 1 aromatic carbocycles. The molecule has 0 spiro atoms. The van der Waals surface area contributed by atoms with Crippen molar-refractivity contribution >= 4 is 11.6 Å². The Bertz CT molecular complexity index is 408. The second-order valence-corrected chi connectivity index (χ2v) is 5.50. The standard InChI is InChI=1S/C16H26ClNO2/c1-5-19-8-6-18-7-9-20-16-10-13(4)15(17)11-14(16)12(2)3/h10-12,18H,5-9H2,1-4H3. The van der Waals surface area contributed by atoms with Crippen molar-refractivity contribution in [3.05, 3.63) is 28.3 Å². The Morgan fingerprint density at radius 2 is 1.90 bits per heavy atom. The number of halogens is 1. The Labute approximate surface area is 127 Å². The van der Waals surface area contributed by atoms with Crippen LogP contribution in [0.15, 0.2) is 12.1 Å². The van der Waals surface area contributed by atoms with Gasteiger partial charge in [-0.25, -0.2) is 0 Å². The lowest BCUT2D eigenvalue weighted by Crippen LogP contribution is -2.25. The molecule has 114 valence electrons. The van der Waals surface area contributed by atoms with Gasteiger partial charge in [-0.15, -0.1) is 0 Å². The number of benzene rings is 1. The van der Waals surface area contributed by atoms with Gasteiger partial charge in [0.05, 0.1) is 6.61 Å². The van der Waals surface area contributed by atoms with Gasteiger partial charge in [-0.3, -0.25) is 0 Å². The van der Waals surface area contributed by atoms with Crippen molar-refractivity contribution in [3.8, 4) is 5.75 Å². The smallest absolute Gasteiger partial charge is 0.123 e. The summed E-state index contributed by atoms with van der Waals surface area (Å²) in [5.41, 5.74) is 2.21.